The van der Waals surface area contributed by atoms with Gasteiger partial charge in [-0.15, -0.1) is 5.10 Å². The van der Waals surface area contributed by atoms with E-state index in [0.29, 0.717) is 0 Å². The third kappa shape index (κ3) is 2.19. The van der Waals surface area contributed by atoms with Gasteiger partial charge in [-0.2, -0.15) is 18.0 Å². The number of aryl methyl sites for hydroxylation is 1. The van der Waals surface area contributed by atoms with Crippen LogP contribution in [0.25, 0.3) is 0 Å². The first kappa shape index (κ1) is 10.6. The Hall–Kier alpha value is -1.89. The molecule has 0 saturated carbocycles. The van der Waals surface area contributed by atoms with E-state index < -0.39 is 10.0 Å². The number of hydrogen-bond donors (Lipinski definition) is 1. The molecule has 0 spiro atoms. The fraction of sp³-hybridized carbons (Fsp3) is 0.111. The van der Waals surface area contributed by atoms with Crippen molar-refractivity contribution in [2.24, 2.45) is 0 Å². The van der Waals surface area contributed by atoms with Crippen LogP contribution in [-0.2, 0) is 10.0 Å². The van der Waals surface area contributed by atoms with Crippen LogP contribution in [0.1, 0.15) is 5.56 Å². The van der Waals surface area contributed by atoms with Crippen LogP contribution in [0.2, 0.25) is 0 Å². The van der Waals surface area contributed by atoms with Gasteiger partial charge in [-0.25, -0.2) is 4.98 Å². The Morgan fingerprint density at radius 3 is 2.50 bits per heavy atom. The molecule has 0 atom stereocenters. The summed E-state index contributed by atoms with van der Waals surface area (Å²) in [6.45, 7) is 1.89. The van der Waals surface area contributed by atoms with E-state index in [0.717, 1.165) is 10.4 Å². The van der Waals surface area contributed by atoms with Crippen molar-refractivity contribution < 1.29 is 8.42 Å². The van der Waals surface area contributed by atoms with Crippen LogP contribution in [0.3, 0.4) is 0 Å². The van der Waals surface area contributed by atoms with Crippen LogP contribution in [0.5, 0.6) is 0 Å². The molecule has 1 aromatic heterocycles. The monoisotopic (exact) mass is 238 g/mol. The molecule has 0 amide bonds. The summed E-state index contributed by atoms with van der Waals surface area (Å²) in [7, 11) is -3.59. The van der Waals surface area contributed by atoms with Crippen molar-refractivity contribution in [1.82, 2.24) is 14.9 Å². The van der Waals surface area contributed by atoms with Crippen molar-refractivity contribution in [3.05, 3.63) is 42.5 Å². The molecule has 7 heteroatoms. The molecule has 16 heavy (non-hydrogen) atoms. The number of aromatic nitrogens is 3. The van der Waals surface area contributed by atoms with Gasteiger partial charge in [0, 0.05) is 0 Å². The lowest BCUT2D eigenvalue weighted by atomic mass is 10.2. The normalized spacial score (nSPS) is 11.3. The van der Waals surface area contributed by atoms with E-state index in [1.165, 1.54) is 24.8 Å². The summed E-state index contributed by atoms with van der Waals surface area (Å²) in [5.41, 5.74) is 1.000. The summed E-state index contributed by atoms with van der Waals surface area (Å²) in [6, 6.07) is 6.54. The molecule has 2 aromatic rings. The predicted molar refractivity (Wildman–Crippen MR) is 57.7 cm³/mol. The molecule has 1 aromatic carbocycles. The summed E-state index contributed by atoms with van der Waals surface area (Å²) < 4.78 is 23.6. The number of hydrogen-bond acceptors (Lipinski definition) is 4. The van der Waals surface area contributed by atoms with Crippen molar-refractivity contribution in [3.8, 4) is 0 Å². The minimum atomic E-state index is -3.59. The number of benzene rings is 1. The first-order valence-corrected chi connectivity index (χ1v) is 6.00. The minimum Gasteiger partial charge on any atom is -0.221 e. The summed E-state index contributed by atoms with van der Waals surface area (Å²) >= 11 is 0. The van der Waals surface area contributed by atoms with Crippen LogP contribution in [0, 0.1) is 6.92 Å². The van der Waals surface area contributed by atoms with E-state index in [9.17, 15) is 8.42 Å². The topological polar surface area (TPSA) is 76.9 Å². The highest BCUT2D eigenvalue weighted by Gasteiger charge is 2.13. The summed E-state index contributed by atoms with van der Waals surface area (Å²) in [5.74, 6) is 0. The highest BCUT2D eigenvalue weighted by Crippen LogP contribution is 2.10. The van der Waals surface area contributed by atoms with Crippen LogP contribution < -0.4 is 4.83 Å². The maximum atomic E-state index is 11.8. The first-order valence-electron chi connectivity index (χ1n) is 4.52. The average Bonchev–Trinajstić information content (AvgIpc) is 2.70. The van der Waals surface area contributed by atoms with Crippen LogP contribution in [-0.4, -0.2) is 23.3 Å². The Kier molecular flexibility index (Phi) is 2.61. The Labute approximate surface area is 93.0 Å². The molecule has 0 saturated heterocycles. The summed E-state index contributed by atoms with van der Waals surface area (Å²) in [6.07, 6.45) is 2.52. The maximum Gasteiger partial charge on any atom is 0.276 e. The second-order valence-electron chi connectivity index (χ2n) is 3.25. The Morgan fingerprint density at radius 2 is 1.94 bits per heavy atom. The van der Waals surface area contributed by atoms with Crippen molar-refractivity contribution in [1.29, 1.82) is 0 Å². The van der Waals surface area contributed by atoms with Gasteiger partial charge in [-0.1, -0.05) is 17.7 Å². The summed E-state index contributed by atoms with van der Waals surface area (Å²) in [5, 5.41) is 3.66. The standard InChI is InChI=1S/C9H10N4O2S/c1-8-2-4-9(5-3-8)16(14,15)12-13-7-10-6-11-13/h2-7,12H,1H3. The Bertz CT molecular complexity index is 560. The lowest BCUT2D eigenvalue weighted by Crippen LogP contribution is -2.23. The SMILES string of the molecule is Cc1ccc(S(=O)(=O)Nn2cncn2)cc1. The molecule has 6 nitrogen and oxygen atoms in total. The predicted octanol–water partition coefficient (Wildman–Crippen LogP) is 0.519. The minimum absolute atomic E-state index is 0.189. The molecular formula is C9H10N4O2S. The van der Waals surface area contributed by atoms with E-state index in [1.807, 2.05) is 6.92 Å². The van der Waals surface area contributed by atoms with Crippen LogP contribution in [0.4, 0.5) is 0 Å². The molecule has 0 aliphatic carbocycles. The van der Waals surface area contributed by atoms with E-state index >= 15 is 0 Å². The molecule has 2 rings (SSSR count). The smallest absolute Gasteiger partial charge is 0.221 e. The highest BCUT2D eigenvalue weighted by molar-refractivity contribution is 7.92. The number of nitrogens with one attached hydrogen (secondary N) is 1. The van der Waals surface area contributed by atoms with Crippen molar-refractivity contribution >= 4 is 10.0 Å². The molecule has 0 unspecified atom stereocenters. The largest absolute Gasteiger partial charge is 0.276 e. The quantitative estimate of drug-likeness (QED) is 0.845. The van der Waals surface area contributed by atoms with Gasteiger partial charge in [0.1, 0.15) is 12.7 Å². The zero-order chi connectivity index (χ0) is 11.6. The van der Waals surface area contributed by atoms with Gasteiger partial charge in [0.05, 0.1) is 4.90 Å². The molecule has 1 heterocycles. The van der Waals surface area contributed by atoms with E-state index in [2.05, 4.69) is 14.9 Å². The van der Waals surface area contributed by atoms with Crippen LogP contribution >= 0.6 is 0 Å². The van der Waals surface area contributed by atoms with Gasteiger partial charge >= 0.3 is 0 Å². The van der Waals surface area contributed by atoms with Gasteiger partial charge in [0.15, 0.2) is 0 Å². The third-order valence-corrected chi connectivity index (χ3v) is 3.28. The van der Waals surface area contributed by atoms with E-state index in [1.54, 1.807) is 12.1 Å². The molecular weight excluding hydrogens is 228 g/mol. The molecule has 84 valence electrons. The van der Waals surface area contributed by atoms with Gasteiger partial charge in [0.25, 0.3) is 10.0 Å². The van der Waals surface area contributed by atoms with Gasteiger partial charge in [-0.05, 0) is 19.1 Å². The molecule has 0 fully saturated rings. The van der Waals surface area contributed by atoms with Crippen molar-refractivity contribution in [2.75, 3.05) is 4.83 Å². The number of rotatable bonds is 3. The van der Waals surface area contributed by atoms with Crippen molar-refractivity contribution in [2.45, 2.75) is 11.8 Å². The number of sulfonamides is 1. The molecule has 0 aliphatic rings. The third-order valence-electron chi connectivity index (χ3n) is 1.96. The van der Waals surface area contributed by atoms with Gasteiger partial charge < -0.3 is 0 Å². The fourth-order valence-corrected chi connectivity index (χ4v) is 2.09. The molecule has 0 aliphatic heterocycles. The molecule has 0 bridgehead atoms. The fourth-order valence-electron chi connectivity index (χ4n) is 1.15. The molecule has 0 radical (unpaired) electrons. The second-order valence-corrected chi connectivity index (χ2v) is 4.91. The van der Waals surface area contributed by atoms with Crippen molar-refractivity contribution in [3.63, 3.8) is 0 Å². The van der Waals surface area contributed by atoms with E-state index in [4.69, 9.17) is 0 Å². The summed E-state index contributed by atoms with van der Waals surface area (Å²) in [4.78, 5) is 7.11. The lowest BCUT2D eigenvalue weighted by molar-refractivity contribution is 0.591. The average molecular weight is 238 g/mol. The molecule has 1 N–H and O–H groups in total. The van der Waals surface area contributed by atoms with Gasteiger partial charge in [-0.3, -0.25) is 0 Å². The highest BCUT2D eigenvalue weighted by atomic mass is 32.2. The first-order chi connectivity index (χ1) is 7.58. The number of nitrogens with zero attached hydrogens (tertiary/aromatic N) is 3. The maximum absolute atomic E-state index is 11.8. The zero-order valence-corrected chi connectivity index (χ0v) is 9.35. The zero-order valence-electron chi connectivity index (χ0n) is 8.53. The van der Waals surface area contributed by atoms with E-state index in [-0.39, 0.29) is 4.90 Å². The van der Waals surface area contributed by atoms with Gasteiger partial charge in [0.2, 0.25) is 0 Å². The lowest BCUT2D eigenvalue weighted by Gasteiger charge is -2.06. The second kappa shape index (κ2) is 3.93. The Balaban J connectivity index is 2.29. The van der Waals surface area contributed by atoms with Crippen LogP contribution in [0.15, 0.2) is 41.8 Å². The Morgan fingerprint density at radius 1 is 1.25 bits per heavy atom.